The minimum atomic E-state index is -0.310. The van der Waals surface area contributed by atoms with Gasteiger partial charge in [-0.2, -0.15) is 0 Å². The van der Waals surface area contributed by atoms with E-state index in [1.54, 1.807) is 0 Å². The molecule has 1 unspecified atom stereocenters. The highest BCUT2D eigenvalue weighted by Crippen LogP contribution is 2.24. The summed E-state index contributed by atoms with van der Waals surface area (Å²) in [6, 6.07) is 0. The SMILES string of the molecule is CC1(CNC(=O)c2c[nH]c(=O)cn2)CCCNC1. The van der Waals surface area contributed by atoms with Gasteiger partial charge >= 0.3 is 0 Å². The van der Waals surface area contributed by atoms with Crippen molar-refractivity contribution in [3.05, 3.63) is 28.4 Å². The third-order valence-corrected chi connectivity index (χ3v) is 3.27. The van der Waals surface area contributed by atoms with E-state index in [4.69, 9.17) is 0 Å². The average Bonchev–Trinajstić information content (AvgIpc) is 2.38. The van der Waals surface area contributed by atoms with E-state index in [0.29, 0.717) is 6.54 Å². The molecule has 2 heterocycles. The van der Waals surface area contributed by atoms with Crippen molar-refractivity contribution in [3.63, 3.8) is 0 Å². The van der Waals surface area contributed by atoms with Crippen LogP contribution in [0.15, 0.2) is 17.2 Å². The second-order valence-corrected chi connectivity index (χ2v) is 5.07. The number of hydrogen-bond donors (Lipinski definition) is 3. The van der Waals surface area contributed by atoms with Crippen molar-refractivity contribution in [1.29, 1.82) is 0 Å². The van der Waals surface area contributed by atoms with Gasteiger partial charge in [-0.3, -0.25) is 9.59 Å². The predicted molar refractivity (Wildman–Crippen MR) is 67.4 cm³/mol. The standard InChI is InChI=1S/C12H18N4O2/c1-12(3-2-4-13-7-12)8-16-11(18)9-5-15-10(17)6-14-9/h5-6,13H,2-4,7-8H2,1H3,(H,15,17)(H,16,18). The molecular formula is C12H18N4O2. The summed E-state index contributed by atoms with van der Waals surface area (Å²) in [5, 5.41) is 6.20. The summed E-state index contributed by atoms with van der Waals surface area (Å²) in [4.78, 5) is 28.9. The number of nitrogens with zero attached hydrogens (tertiary/aromatic N) is 1. The highest BCUT2D eigenvalue weighted by atomic mass is 16.2. The average molecular weight is 250 g/mol. The van der Waals surface area contributed by atoms with Crippen LogP contribution >= 0.6 is 0 Å². The van der Waals surface area contributed by atoms with Crippen molar-refractivity contribution < 1.29 is 4.79 Å². The summed E-state index contributed by atoms with van der Waals surface area (Å²) in [6.07, 6.45) is 4.67. The fraction of sp³-hybridized carbons (Fsp3) is 0.583. The number of nitrogens with one attached hydrogen (secondary N) is 3. The van der Waals surface area contributed by atoms with Gasteiger partial charge in [-0.25, -0.2) is 4.98 Å². The van der Waals surface area contributed by atoms with Crippen molar-refractivity contribution in [2.24, 2.45) is 5.41 Å². The van der Waals surface area contributed by atoms with Gasteiger partial charge in [0.1, 0.15) is 5.69 Å². The number of amides is 1. The Hall–Kier alpha value is -1.69. The Labute approximate surface area is 105 Å². The van der Waals surface area contributed by atoms with E-state index in [2.05, 4.69) is 27.5 Å². The Kier molecular flexibility index (Phi) is 3.76. The lowest BCUT2D eigenvalue weighted by Gasteiger charge is -2.34. The first-order valence-corrected chi connectivity index (χ1v) is 6.13. The minimum absolute atomic E-state index is 0.0934. The molecule has 0 saturated carbocycles. The summed E-state index contributed by atoms with van der Waals surface area (Å²) in [6.45, 7) is 4.72. The first kappa shape index (κ1) is 12.8. The van der Waals surface area contributed by atoms with Gasteiger partial charge in [0.05, 0.1) is 6.20 Å². The van der Waals surface area contributed by atoms with Crippen LogP contribution in [0.3, 0.4) is 0 Å². The van der Waals surface area contributed by atoms with Gasteiger partial charge in [0.25, 0.3) is 11.5 Å². The molecule has 1 saturated heterocycles. The zero-order valence-electron chi connectivity index (χ0n) is 10.5. The molecule has 0 aromatic carbocycles. The molecule has 6 nitrogen and oxygen atoms in total. The Morgan fingerprint density at radius 1 is 1.61 bits per heavy atom. The van der Waals surface area contributed by atoms with E-state index >= 15 is 0 Å². The summed E-state index contributed by atoms with van der Waals surface area (Å²) < 4.78 is 0. The predicted octanol–water partition coefficient (Wildman–Crippen LogP) is -0.111. The zero-order valence-corrected chi connectivity index (χ0v) is 10.5. The van der Waals surface area contributed by atoms with Crippen LogP contribution in [0, 0.1) is 5.41 Å². The molecule has 0 radical (unpaired) electrons. The highest BCUT2D eigenvalue weighted by Gasteiger charge is 2.27. The molecule has 1 aliphatic heterocycles. The molecule has 98 valence electrons. The number of hydrogen-bond acceptors (Lipinski definition) is 4. The molecule has 1 aliphatic rings. The Morgan fingerprint density at radius 2 is 2.44 bits per heavy atom. The highest BCUT2D eigenvalue weighted by molar-refractivity contribution is 5.91. The van der Waals surface area contributed by atoms with Crippen molar-refractivity contribution in [2.75, 3.05) is 19.6 Å². The van der Waals surface area contributed by atoms with Crippen molar-refractivity contribution in [3.8, 4) is 0 Å². The van der Waals surface area contributed by atoms with E-state index in [1.807, 2.05) is 0 Å². The van der Waals surface area contributed by atoms with E-state index in [-0.39, 0.29) is 22.6 Å². The number of carbonyl (C=O) groups excluding carboxylic acids is 1. The number of aromatic amines is 1. The molecule has 0 bridgehead atoms. The molecule has 3 N–H and O–H groups in total. The second-order valence-electron chi connectivity index (χ2n) is 5.07. The molecule has 0 aliphatic carbocycles. The van der Waals surface area contributed by atoms with Gasteiger partial charge in [-0.05, 0) is 24.8 Å². The number of H-pyrrole nitrogens is 1. The first-order valence-electron chi connectivity index (χ1n) is 6.13. The minimum Gasteiger partial charge on any atom is -0.350 e. The molecule has 1 aromatic rings. The van der Waals surface area contributed by atoms with Crippen LogP contribution in [0.5, 0.6) is 0 Å². The lowest BCUT2D eigenvalue weighted by Crippen LogP contribution is -2.45. The zero-order chi connectivity index (χ0) is 13.0. The maximum atomic E-state index is 11.8. The van der Waals surface area contributed by atoms with Crippen molar-refractivity contribution >= 4 is 5.91 Å². The Balaban J connectivity index is 1.91. The monoisotopic (exact) mass is 250 g/mol. The molecule has 1 fully saturated rings. The van der Waals surface area contributed by atoms with Crippen LogP contribution < -0.4 is 16.2 Å². The summed E-state index contributed by atoms with van der Waals surface area (Å²) >= 11 is 0. The van der Waals surface area contributed by atoms with Gasteiger partial charge in [0, 0.05) is 19.3 Å². The Morgan fingerprint density at radius 3 is 3.06 bits per heavy atom. The number of carbonyl (C=O) groups is 1. The molecule has 1 atom stereocenters. The van der Waals surface area contributed by atoms with Crippen LogP contribution in [0.2, 0.25) is 0 Å². The van der Waals surface area contributed by atoms with Gasteiger partial charge in [0.15, 0.2) is 0 Å². The van der Waals surface area contributed by atoms with Crippen molar-refractivity contribution in [2.45, 2.75) is 19.8 Å². The quantitative estimate of drug-likeness (QED) is 0.698. The fourth-order valence-corrected chi connectivity index (χ4v) is 2.12. The van der Waals surface area contributed by atoms with Crippen LogP contribution in [0.25, 0.3) is 0 Å². The van der Waals surface area contributed by atoms with E-state index < -0.39 is 0 Å². The maximum absolute atomic E-state index is 11.8. The van der Waals surface area contributed by atoms with E-state index in [1.165, 1.54) is 6.20 Å². The lowest BCUT2D eigenvalue weighted by molar-refractivity contribution is 0.0919. The van der Waals surface area contributed by atoms with Gasteiger partial charge < -0.3 is 15.6 Å². The molecule has 1 amide bonds. The molecule has 6 heteroatoms. The molecule has 1 aromatic heterocycles. The largest absolute Gasteiger partial charge is 0.350 e. The topological polar surface area (TPSA) is 86.9 Å². The number of aromatic nitrogens is 2. The van der Waals surface area contributed by atoms with Gasteiger partial charge in [0.2, 0.25) is 0 Å². The van der Waals surface area contributed by atoms with Crippen LogP contribution in [-0.4, -0.2) is 35.5 Å². The molecule has 2 rings (SSSR count). The van der Waals surface area contributed by atoms with Crippen molar-refractivity contribution in [1.82, 2.24) is 20.6 Å². The van der Waals surface area contributed by atoms with Crippen LogP contribution in [0.1, 0.15) is 30.3 Å². The van der Waals surface area contributed by atoms with Crippen LogP contribution in [-0.2, 0) is 0 Å². The Bertz CT molecular complexity index is 457. The maximum Gasteiger partial charge on any atom is 0.271 e. The lowest BCUT2D eigenvalue weighted by atomic mass is 9.83. The van der Waals surface area contributed by atoms with E-state index in [0.717, 1.165) is 32.1 Å². The number of rotatable bonds is 3. The summed E-state index contributed by atoms with van der Waals surface area (Å²) in [7, 11) is 0. The van der Waals surface area contributed by atoms with Gasteiger partial charge in [-0.15, -0.1) is 0 Å². The van der Waals surface area contributed by atoms with E-state index in [9.17, 15) is 9.59 Å². The third-order valence-electron chi connectivity index (χ3n) is 3.27. The second kappa shape index (κ2) is 5.30. The van der Waals surface area contributed by atoms with Gasteiger partial charge in [-0.1, -0.05) is 6.92 Å². The smallest absolute Gasteiger partial charge is 0.271 e. The molecule has 0 spiro atoms. The van der Waals surface area contributed by atoms with Crippen LogP contribution in [0.4, 0.5) is 0 Å². The molecular weight excluding hydrogens is 232 g/mol. The fourth-order valence-electron chi connectivity index (χ4n) is 2.12. The third kappa shape index (κ3) is 3.16. The first-order chi connectivity index (χ1) is 8.59. The summed E-state index contributed by atoms with van der Waals surface area (Å²) in [5.41, 5.74) is 0.0211. The summed E-state index contributed by atoms with van der Waals surface area (Å²) in [5.74, 6) is -0.252. The molecule has 18 heavy (non-hydrogen) atoms. The normalized spacial score (nSPS) is 23.6. The number of piperidine rings is 1.